The molecule has 1 saturated heterocycles. The molecule has 1 aliphatic rings. The third-order valence-electron chi connectivity index (χ3n) is 3.30. The molecule has 2 N–H and O–H groups in total. The van der Waals surface area contributed by atoms with Gasteiger partial charge < -0.3 is 15.1 Å². The largest absolute Gasteiger partial charge is 0.479 e. The zero-order valence-electron chi connectivity index (χ0n) is 9.87. The van der Waals surface area contributed by atoms with Crippen LogP contribution in [0.5, 0.6) is 0 Å². The van der Waals surface area contributed by atoms with Gasteiger partial charge in [-0.05, 0) is 12.1 Å². The Morgan fingerprint density at radius 1 is 1.11 bits per heavy atom. The smallest absolute Gasteiger partial charge is 0.335 e. The summed E-state index contributed by atoms with van der Waals surface area (Å²) < 4.78 is 0. The summed E-state index contributed by atoms with van der Waals surface area (Å²) in [5.41, 5.74) is -1.11. The first kappa shape index (κ1) is 12.6. The molecule has 1 heterocycles. The highest BCUT2D eigenvalue weighted by Crippen LogP contribution is 2.23. The standard InChI is InChI=1S/C13H15NO4/c15-11(10-4-2-1-3-5-10)14-8-6-13(18,7-9-14)12(16)17/h1-5,18H,6-9H2,(H,16,17). The molecule has 5 heteroatoms. The van der Waals surface area contributed by atoms with Gasteiger partial charge in [-0.15, -0.1) is 0 Å². The number of nitrogens with zero attached hydrogens (tertiary/aromatic N) is 1. The minimum atomic E-state index is -1.69. The van der Waals surface area contributed by atoms with E-state index in [9.17, 15) is 14.7 Å². The summed E-state index contributed by atoms with van der Waals surface area (Å²) in [6.45, 7) is 0.521. The van der Waals surface area contributed by atoms with Crippen molar-refractivity contribution in [2.24, 2.45) is 0 Å². The summed E-state index contributed by atoms with van der Waals surface area (Å²) >= 11 is 0. The van der Waals surface area contributed by atoms with Crippen molar-refractivity contribution in [1.82, 2.24) is 4.90 Å². The highest BCUT2D eigenvalue weighted by atomic mass is 16.4. The van der Waals surface area contributed by atoms with Crippen molar-refractivity contribution in [3.8, 4) is 0 Å². The highest BCUT2D eigenvalue weighted by molar-refractivity contribution is 5.94. The van der Waals surface area contributed by atoms with Gasteiger partial charge in [-0.3, -0.25) is 4.79 Å². The van der Waals surface area contributed by atoms with Crippen molar-refractivity contribution in [3.05, 3.63) is 35.9 Å². The van der Waals surface area contributed by atoms with Gasteiger partial charge in [0.15, 0.2) is 5.60 Å². The summed E-state index contributed by atoms with van der Waals surface area (Å²) in [7, 11) is 0. The van der Waals surface area contributed by atoms with Crippen LogP contribution in [-0.4, -0.2) is 45.7 Å². The van der Waals surface area contributed by atoms with E-state index in [2.05, 4.69) is 0 Å². The molecule has 1 aromatic carbocycles. The Morgan fingerprint density at radius 3 is 2.17 bits per heavy atom. The van der Waals surface area contributed by atoms with Crippen molar-refractivity contribution < 1.29 is 19.8 Å². The van der Waals surface area contributed by atoms with Gasteiger partial charge in [0.2, 0.25) is 0 Å². The van der Waals surface area contributed by atoms with Gasteiger partial charge in [0.05, 0.1) is 0 Å². The monoisotopic (exact) mass is 249 g/mol. The number of hydrogen-bond donors (Lipinski definition) is 2. The topological polar surface area (TPSA) is 77.8 Å². The first-order valence-corrected chi connectivity index (χ1v) is 5.83. The maximum atomic E-state index is 12.1. The molecular formula is C13H15NO4. The van der Waals surface area contributed by atoms with Crippen LogP contribution >= 0.6 is 0 Å². The SMILES string of the molecule is O=C(c1ccccc1)N1CCC(O)(C(=O)O)CC1. The fraction of sp³-hybridized carbons (Fsp3) is 0.385. The molecule has 0 aliphatic carbocycles. The third kappa shape index (κ3) is 2.36. The van der Waals surface area contributed by atoms with E-state index >= 15 is 0 Å². The summed E-state index contributed by atoms with van der Waals surface area (Å²) in [5.74, 6) is -1.34. The number of benzene rings is 1. The molecule has 0 bridgehead atoms. The maximum absolute atomic E-state index is 12.1. The first-order chi connectivity index (χ1) is 8.53. The number of likely N-dealkylation sites (tertiary alicyclic amines) is 1. The molecule has 2 rings (SSSR count). The molecule has 0 atom stereocenters. The van der Waals surface area contributed by atoms with Gasteiger partial charge in [-0.2, -0.15) is 0 Å². The molecule has 1 fully saturated rings. The number of carbonyl (C=O) groups excluding carboxylic acids is 1. The predicted octanol–water partition coefficient (Wildman–Crippen LogP) is 0.738. The minimum absolute atomic E-state index is 0.0703. The molecule has 0 aromatic heterocycles. The van der Waals surface area contributed by atoms with Crippen LogP contribution in [-0.2, 0) is 4.79 Å². The van der Waals surface area contributed by atoms with Crippen molar-refractivity contribution in [2.45, 2.75) is 18.4 Å². The Balaban J connectivity index is 2.03. The normalized spacial score (nSPS) is 18.4. The van der Waals surface area contributed by atoms with Crippen molar-refractivity contribution >= 4 is 11.9 Å². The second kappa shape index (κ2) is 4.78. The molecule has 1 aromatic rings. The maximum Gasteiger partial charge on any atom is 0.335 e. The first-order valence-electron chi connectivity index (χ1n) is 5.83. The molecular weight excluding hydrogens is 234 g/mol. The number of rotatable bonds is 2. The van der Waals surface area contributed by atoms with E-state index in [0.717, 1.165) is 0 Å². The van der Waals surface area contributed by atoms with E-state index < -0.39 is 11.6 Å². The predicted molar refractivity (Wildman–Crippen MR) is 64.2 cm³/mol. The van der Waals surface area contributed by atoms with Gasteiger partial charge in [0.25, 0.3) is 5.91 Å². The Hall–Kier alpha value is -1.88. The number of carbonyl (C=O) groups is 2. The summed E-state index contributed by atoms with van der Waals surface area (Å²) in [5, 5.41) is 18.7. The van der Waals surface area contributed by atoms with E-state index in [1.807, 2.05) is 6.07 Å². The fourth-order valence-corrected chi connectivity index (χ4v) is 2.06. The average Bonchev–Trinajstić information content (AvgIpc) is 2.40. The zero-order valence-corrected chi connectivity index (χ0v) is 9.87. The van der Waals surface area contributed by atoms with E-state index in [-0.39, 0.29) is 31.8 Å². The van der Waals surface area contributed by atoms with Crippen LogP contribution < -0.4 is 0 Å². The van der Waals surface area contributed by atoms with Crippen LogP contribution in [0, 0.1) is 0 Å². The number of piperidine rings is 1. The average molecular weight is 249 g/mol. The van der Waals surface area contributed by atoms with Gasteiger partial charge in [-0.25, -0.2) is 4.79 Å². The van der Waals surface area contributed by atoms with Gasteiger partial charge in [0.1, 0.15) is 0 Å². The van der Waals surface area contributed by atoms with Crippen LogP contribution in [0.4, 0.5) is 0 Å². The molecule has 0 saturated carbocycles. The molecule has 1 amide bonds. The minimum Gasteiger partial charge on any atom is -0.479 e. The molecule has 5 nitrogen and oxygen atoms in total. The van der Waals surface area contributed by atoms with Crippen molar-refractivity contribution in [1.29, 1.82) is 0 Å². The molecule has 18 heavy (non-hydrogen) atoms. The van der Waals surface area contributed by atoms with Crippen LogP contribution in [0.15, 0.2) is 30.3 Å². The summed E-state index contributed by atoms with van der Waals surface area (Å²) in [6.07, 6.45) is 0.141. The van der Waals surface area contributed by atoms with Crippen LogP contribution in [0.2, 0.25) is 0 Å². The molecule has 1 aliphatic heterocycles. The van der Waals surface area contributed by atoms with Crippen LogP contribution in [0.25, 0.3) is 0 Å². The molecule has 96 valence electrons. The molecule has 0 spiro atoms. The Bertz CT molecular complexity index is 449. The summed E-state index contributed by atoms with van der Waals surface area (Å²) in [6, 6.07) is 8.84. The molecule has 0 unspecified atom stereocenters. The quantitative estimate of drug-likeness (QED) is 0.810. The highest BCUT2D eigenvalue weighted by Gasteiger charge is 2.40. The number of carboxylic acids is 1. The lowest BCUT2D eigenvalue weighted by molar-refractivity contribution is -0.162. The number of aliphatic hydroxyl groups is 1. The third-order valence-corrected chi connectivity index (χ3v) is 3.30. The lowest BCUT2D eigenvalue weighted by Gasteiger charge is -2.35. The Labute approximate surface area is 105 Å². The fourth-order valence-electron chi connectivity index (χ4n) is 2.06. The Morgan fingerprint density at radius 2 is 1.67 bits per heavy atom. The summed E-state index contributed by atoms with van der Waals surface area (Å²) in [4.78, 5) is 24.5. The second-order valence-corrected chi connectivity index (χ2v) is 4.49. The van der Waals surface area contributed by atoms with E-state index in [0.29, 0.717) is 5.56 Å². The second-order valence-electron chi connectivity index (χ2n) is 4.49. The number of hydrogen-bond acceptors (Lipinski definition) is 3. The Kier molecular flexibility index (Phi) is 3.34. The van der Waals surface area contributed by atoms with Gasteiger partial charge >= 0.3 is 5.97 Å². The van der Waals surface area contributed by atoms with Gasteiger partial charge in [0, 0.05) is 31.5 Å². The van der Waals surface area contributed by atoms with Crippen LogP contribution in [0.1, 0.15) is 23.2 Å². The number of carboxylic acid groups (broad SMARTS) is 1. The number of aliphatic carboxylic acids is 1. The number of amides is 1. The van der Waals surface area contributed by atoms with E-state index in [4.69, 9.17) is 5.11 Å². The van der Waals surface area contributed by atoms with Crippen LogP contribution in [0.3, 0.4) is 0 Å². The lowest BCUT2D eigenvalue weighted by atomic mass is 9.91. The van der Waals surface area contributed by atoms with Crippen molar-refractivity contribution in [2.75, 3.05) is 13.1 Å². The lowest BCUT2D eigenvalue weighted by Crippen LogP contribution is -2.50. The van der Waals surface area contributed by atoms with E-state index in [1.165, 1.54) is 0 Å². The van der Waals surface area contributed by atoms with Gasteiger partial charge in [-0.1, -0.05) is 18.2 Å². The van der Waals surface area contributed by atoms with Crippen molar-refractivity contribution in [3.63, 3.8) is 0 Å². The molecule has 0 radical (unpaired) electrons. The van der Waals surface area contributed by atoms with E-state index in [1.54, 1.807) is 29.2 Å². The zero-order chi connectivity index (χ0) is 13.2.